The first-order chi connectivity index (χ1) is 13.5. The molecule has 0 aromatic heterocycles. The maximum Gasteiger partial charge on any atom is 0.254 e. The van der Waals surface area contributed by atoms with E-state index < -0.39 is 6.04 Å². The van der Waals surface area contributed by atoms with E-state index in [0.717, 1.165) is 30.6 Å². The van der Waals surface area contributed by atoms with Gasteiger partial charge < -0.3 is 15.0 Å². The Morgan fingerprint density at radius 3 is 2.71 bits per heavy atom. The van der Waals surface area contributed by atoms with Crippen LogP contribution in [0.25, 0.3) is 0 Å². The number of hydrogen-bond donors (Lipinski definition) is 1. The molecule has 0 saturated carbocycles. The predicted octanol–water partition coefficient (Wildman–Crippen LogP) is 4.63. The summed E-state index contributed by atoms with van der Waals surface area (Å²) < 4.78 is 5.95. The smallest absolute Gasteiger partial charge is 0.254 e. The zero-order valence-electron chi connectivity index (χ0n) is 16.2. The van der Waals surface area contributed by atoms with Gasteiger partial charge in [-0.2, -0.15) is 0 Å². The molecule has 3 rings (SSSR count). The molecule has 1 unspecified atom stereocenters. The number of anilines is 1. The SMILES string of the molecule is CCCCCOc1ccccc1CN1C(=O)C(NC(C)=O)c2cccc(Cl)c21. The third-order valence-corrected chi connectivity index (χ3v) is 5.07. The topological polar surface area (TPSA) is 58.6 Å². The van der Waals surface area contributed by atoms with E-state index in [4.69, 9.17) is 16.3 Å². The van der Waals surface area contributed by atoms with Crippen LogP contribution in [0.4, 0.5) is 5.69 Å². The number of benzene rings is 2. The standard InChI is InChI=1S/C22H25ClN2O3/c1-3-4-7-13-28-19-12-6-5-9-16(19)14-25-21-17(10-8-11-18(21)23)20(22(25)27)24-15(2)26/h5-6,8-12,20H,3-4,7,13-14H2,1-2H3,(H,24,26). The summed E-state index contributed by atoms with van der Waals surface area (Å²) in [5.41, 5.74) is 2.27. The maximum atomic E-state index is 13.1. The van der Waals surface area contributed by atoms with Gasteiger partial charge >= 0.3 is 0 Å². The lowest BCUT2D eigenvalue weighted by Crippen LogP contribution is -2.36. The van der Waals surface area contributed by atoms with E-state index in [1.165, 1.54) is 6.92 Å². The Hall–Kier alpha value is -2.53. The molecule has 0 fully saturated rings. The van der Waals surface area contributed by atoms with Crippen molar-refractivity contribution in [3.8, 4) is 5.75 Å². The van der Waals surface area contributed by atoms with Gasteiger partial charge in [0, 0.05) is 18.1 Å². The zero-order chi connectivity index (χ0) is 20.1. The second-order valence-corrected chi connectivity index (χ2v) is 7.31. The van der Waals surface area contributed by atoms with Crippen molar-refractivity contribution in [1.29, 1.82) is 0 Å². The van der Waals surface area contributed by atoms with Gasteiger partial charge in [0.05, 0.1) is 23.9 Å². The highest BCUT2D eigenvalue weighted by Crippen LogP contribution is 2.42. The molecule has 0 aliphatic carbocycles. The van der Waals surface area contributed by atoms with Gasteiger partial charge in [0.1, 0.15) is 11.8 Å². The van der Waals surface area contributed by atoms with E-state index in [1.54, 1.807) is 17.0 Å². The molecule has 148 valence electrons. The average molecular weight is 401 g/mol. The molecule has 2 amide bonds. The van der Waals surface area contributed by atoms with Crippen LogP contribution in [0.3, 0.4) is 0 Å². The second kappa shape index (κ2) is 9.11. The van der Waals surface area contributed by atoms with E-state index >= 15 is 0 Å². The van der Waals surface area contributed by atoms with Crippen molar-refractivity contribution < 1.29 is 14.3 Å². The van der Waals surface area contributed by atoms with Crippen LogP contribution in [-0.4, -0.2) is 18.4 Å². The van der Waals surface area contributed by atoms with Crippen molar-refractivity contribution in [1.82, 2.24) is 5.32 Å². The Labute approximate surface area is 170 Å². The molecular weight excluding hydrogens is 376 g/mol. The predicted molar refractivity (Wildman–Crippen MR) is 111 cm³/mol. The van der Waals surface area contributed by atoms with Gasteiger partial charge in [-0.25, -0.2) is 0 Å². The minimum atomic E-state index is -0.719. The number of ether oxygens (including phenoxy) is 1. The summed E-state index contributed by atoms with van der Waals surface area (Å²) in [4.78, 5) is 26.3. The molecule has 1 aliphatic heterocycles. The molecule has 0 bridgehead atoms. The number of hydrogen-bond acceptors (Lipinski definition) is 3. The summed E-state index contributed by atoms with van der Waals surface area (Å²) in [6.45, 7) is 4.53. The van der Waals surface area contributed by atoms with Crippen molar-refractivity contribution in [2.75, 3.05) is 11.5 Å². The monoisotopic (exact) mass is 400 g/mol. The summed E-state index contributed by atoms with van der Waals surface area (Å²) in [5, 5.41) is 3.22. The van der Waals surface area contributed by atoms with Crippen LogP contribution < -0.4 is 15.0 Å². The molecule has 1 N–H and O–H groups in total. The number of amides is 2. The largest absolute Gasteiger partial charge is 0.493 e. The van der Waals surface area contributed by atoms with E-state index in [0.29, 0.717) is 29.4 Å². The van der Waals surface area contributed by atoms with Crippen LogP contribution in [0, 0.1) is 0 Å². The van der Waals surface area contributed by atoms with E-state index in [1.807, 2.05) is 30.3 Å². The lowest BCUT2D eigenvalue weighted by molar-refractivity contribution is -0.126. The zero-order valence-corrected chi connectivity index (χ0v) is 17.0. The van der Waals surface area contributed by atoms with Gasteiger partial charge in [0.25, 0.3) is 5.91 Å². The maximum absolute atomic E-state index is 13.1. The van der Waals surface area contributed by atoms with Crippen molar-refractivity contribution in [3.05, 3.63) is 58.6 Å². The second-order valence-electron chi connectivity index (χ2n) is 6.90. The summed E-state index contributed by atoms with van der Waals surface area (Å²) in [6.07, 6.45) is 3.24. The van der Waals surface area contributed by atoms with Crippen LogP contribution in [0.2, 0.25) is 5.02 Å². The van der Waals surface area contributed by atoms with Gasteiger partial charge in [-0.3, -0.25) is 9.59 Å². The number of carbonyl (C=O) groups excluding carboxylic acids is 2. The van der Waals surface area contributed by atoms with Crippen LogP contribution in [0.5, 0.6) is 5.75 Å². The summed E-state index contributed by atoms with van der Waals surface area (Å²) >= 11 is 6.42. The van der Waals surface area contributed by atoms with Gasteiger partial charge in [-0.1, -0.05) is 61.7 Å². The van der Waals surface area contributed by atoms with Crippen LogP contribution in [0.1, 0.15) is 50.3 Å². The number of nitrogens with zero attached hydrogens (tertiary/aromatic N) is 1. The van der Waals surface area contributed by atoms with Crippen molar-refractivity contribution in [2.45, 2.75) is 45.7 Å². The third-order valence-electron chi connectivity index (χ3n) is 4.77. The molecule has 1 aliphatic rings. The number of fused-ring (bicyclic) bond motifs is 1. The molecule has 5 nitrogen and oxygen atoms in total. The Kier molecular flexibility index (Phi) is 6.57. The highest BCUT2D eigenvalue weighted by Gasteiger charge is 2.39. The van der Waals surface area contributed by atoms with Gasteiger partial charge in [0.2, 0.25) is 5.91 Å². The highest BCUT2D eigenvalue weighted by atomic mass is 35.5. The molecule has 2 aromatic rings. The number of nitrogens with one attached hydrogen (secondary N) is 1. The molecule has 6 heteroatoms. The van der Waals surface area contributed by atoms with Crippen molar-refractivity contribution in [2.24, 2.45) is 0 Å². The fourth-order valence-corrected chi connectivity index (χ4v) is 3.71. The number of para-hydroxylation sites is 2. The summed E-state index contributed by atoms with van der Waals surface area (Å²) in [7, 11) is 0. The van der Waals surface area contributed by atoms with Gasteiger partial charge in [-0.05, 0) is 18.6 Å². The molecule has 0 saturated heterocycles. The number of carbonyl (C=O) groups is 2. The average Bonchev–Trinajstić information content (AvgIpc) is 2.93. The molecular formula is C22H25ClN2O3. The Bertz CT molecular complexity index is 869. The van der Waals surface area contributed by atoms with Crippen molar-refractivity contribution in [3.63, 3.8) is 0 Å². The van der Waals surface area contributed by atoms with E-state index in [9.17, 15) is 9.59 Å². The summed E-state index contributed by atoms with van der Waals surface area (Å²) in [6, 6.07) is 12.4. The number of halogens is 1. The van der Waals surface area contributed by atoms with Crippen LogP contribution >= 0.6 is 11.6 Å². The first kappa shape index (κ1) is 20.2. The first-order valence-electron chi connectivity index (χ1n) is 9.60. The molecule has 1 heterocycles. The molecule has 28 heavy (non-hydrogen) atoms. The minimum Gasteiger partial charge on any atom is -0.493 e. The number of unbranched alkanes of at least 4 members (excludes halogenated alkanes) is 2. The lowest BCUT2D eigenvalue weighted by atomic mass is 10.1. The Morgan fingerprint density at radius 1 is 1.18 bits per heavy atom. The Balaban J connectivity index is 1.87. The van der Waals surface area contributed by atoms with E-state index in [-0.39, 0.29) is 11.8 Å². The van der Waals surface area contributed by atoms with Gasteiger partial charge in [-0.15, -0.1) is 0 Å². The Morgan fingerprint density at radius 2 is 1.96 bits per heavy atom. The third kappa shape index (κ3) is 4.30. The fraction of sp³-hybridized carbons (Fsp3) is 0.364. The minimum absolute atomic E-state index is 0.195. The van der Waals surface area contributed by atoms with Crippen LogP contribution in [-0.2, 0) is 16.1 Å². The first-order valence-corrected chi connectivity index (χ1v) is 9.98. The normalized spacial score (nSPS) is 15.5. The lowest BCUT2D eigenvalue weighted by Gasteiger charge is -2.21. The van der Waals surface area contributed by atoms with Crippen LogP contribution in [0.15, 0.2) is 42.5 Å². The quantitative estimate of drug-likeness (QED) is 0.657. The summed E-state index contributed by atoms with van der Waals surface area (Å²) in [5.74, 6) is 0.313. The molecule has 0 radical (unpaired) electrons. The molecule has 1 atom stereocenters. The molecule has 2 aromatic carbocycles. The highest BCUT2D eigenvalue weighted by molar-refractivity contribution is 6.34. The number of rotatable bonds is 8. The van der Waals surface area contributed by atoms with E-state index in [2.05, 4.69) is 12.2 Å². The van der Waals surface area contributed by atoms with Gasteiger partial charge in [0.15, 0.2) is 0 Å². The fourth-order valence-electron chi connectivity index (χ4n) is 3.43. The molecule has 0 spiro atoms. The van der Waals surface area contributed by atoms with Crippen molar-refractivity contribution >= 4 is 29.1 Å².